The van der Waals surface area contributed by atoms with Crippen LogP contribution in [-0.4, -0.2) is 32.9 Å². The summed E-state index contributed by atoms with van der Waals surface area (Å²) in [6.07, 6.45) is 3.85. The van der Waals surface area contributed by atoms with E-state index in [1.165, 1.54) is 24.0 Å². The Labute approximate surface area is 122 Å². The minimum absolute atomic E-state index is 0.306. The van der Waals surface area contributed by atoms with Crippen LogP contribution in [0.2, 0.25) is 0 Å². The van der Waals surface area contributed by atoms with Gasteiger partial charge in [0, 0.05) is 13.2 Å². The first kappa shape index (κ1) is 15.3. The monoisotopic (exact) mass is 277 g/mol. The third-order valence-electron chi connectivity index (χ3n) is 4.10. The van der Waals surface area contributed by atoms with Gasteiger partial charge in [0.15, 0.2) is 0 Å². The average molecular weight is 277 g/mol. The van der Waals surface area contributed by atoms with E-state index in [0.717, 1.165) is 24.6 Å². The second-order valence-corrected chi connectivity index (χ2v) is 5.72. The summed E-state index contributed by atoms with van der Waals surface area (Å²) < 4.78 is 11.3. The summed E-state index contributed by atoms with van der Waals surface area (Å²) in [6.45, 7) is 5.24. The Bertz CT molecular complexity index is 429. The van der Waals surface area contributed by atoms with Crippen LogP contribution < -0.4 is 10.1 Å². The number of hydrogen-bond acceptors (Lipinski definition) is 3. The molecule has 20 heavy (non-hydrogen) atoms. The highest BCUT2D eigenvalue weighted by Gasteiger charge is 2.36. The Morgan fingerprint density at radius 1 is 1.30 bits per heavy atom. The van der Waals surface area contributed by atoms with Crippen LogP contribution in [0.4, 0.5) is 0 Å². The maximum atomic E-state index is 5.76. The van der Waals surface area contributed by atoms with Crippen molar-refractivity contribution in [1.82, 2.24) is 5.32 Å². The van der Waals surface area contributed by atoms with Gasteiger partial charge in [0.2, 0.25) is 0 Å². The van der Waals surface area contributed by atoms with E-state index < -0.39 is 0 Å². The molecule has 3 nitrogen and oxygen atoms in total. The lowest BCUT2D eigenvalue weighted by molar-refractivity contribution is 0.0514. The van der Waals surface area contributed by atoms with Crippen LogP contribution in [0.1, 0.15) is 30.9 Å². The van der Waals surface area contributed by atoms with E-state index in [4.69, 9.17) is 9.47 Å². The molecule has 0 saturated heterocycles. The van der Waals surface area contributed by atoms with Crippen molar-refractivity contribution in [2.75, 3.05) is 20.8 Å². The zero-order valence-corrected chi connectivity index (χ0v) is 13.1. The van der Waals surface area contributed by atoms with Gasteiger partial charge >= 0.3 is 0 Å². The third-order valence-corrected chi connectivity index (χ3v) is 4.10. The second kappa shape index (κ2) is 7.09. The molecule has 0 heterocycles. The number of rotatable bonds is 8. The van der Waals surface area contributed by atoms with Crippen LogP contribution in [0.25, 0.3) is 0 Å². The van der Waals surface area contributed by atoms with Crippen LogP contribution in [0, 0.1) is 12.8 Å². The molecule has 1 N–H and O–H groups in total. The molecular weight excluding hydrogens is 250 g/mol. The van der Waals surface area contributed by atoms with Crippen LogP contribution in [-0.2, 0) is 11.2 Å². The van der Waals surface area contributed by atoms with E-state index in [1.807, 2.05) is 7.11 Å². The van der Waals surface area contributed by atoms with Crippen molar-refractivity contribution in [1.29, 1.82) is 0 Å². The molecule has 0 spiro atoms. The highest BCUT2D eigenvalue weighted by atomic mass is 16.5. The first-order chi connectivity index (χ1) is 9.69. The van der Waals surface area contributed by atoms with Crippen LogP contribution >= 0.6 is 0 Å². The minimum Gasteiger partial charge on any atom is -0.496 e. The molecule has 0 bridgehead atoms. The molecule has 0 aliphatic heterocycles. The van der Waals surface area contributed by atoms with Crippen LogP contribution in [0.3, 0.4) is 0 Å². The van der Waals surface area contributed by atoms with Crippen molar-refractivity contribution in [3.63, 3.8) is 0 Å². The fourth-order valence-electron chi connectivity index (χ4n) is 2.98. The largest absolute Gasteiger partial charge is 0.496 e. The number of benzene rings is 1. The van der Waals surface area contributed by atoms with Gasteiger partial charge in [0.05, 0.1) is 13.2 Å². The second-order valence-electron chi connectivity index (χ2n) is 5.72. The number of likely N-dealkylation sites (N-methyl/N-ethyl adjacent to an activating group) is 1. The lowest BCUT2D eigenvalue weighted by atomic mass is 9.96. The van der Waals surface area contributed by atoms with Crippen molar-refractivity contribution in [2.24, 2.45) is 5.92 Å². The van der Waals surface area contributed by atoms with Crippen molar-refractivity contribution in [2.45, 2.75) is 45.3 Å². The lowest BCUT2D eigenvalue weighted by Gasteiger charge is -2.27. The smallest absolute Gasteiger partial charge is 0.122 e. The molecule has 0 amide bonds. The zero-order valence-electron chi connectivity index (χ0n) is 13.1. The van der Waals surface area contributed by atoms with E-state index in [2.05, 4.69) is 37.4 Å². The summed E-state index contributed by atoms with van der Waals surface area (Å²) in [6, 6.07) is 6.74. The van der Waals surface area contributed by atoms with E-state index in [0.29, 0.717) is 12.1 Å². The van der Waals surface area contributed by atoms with E-state index in [-0.39, 0.29) is 0 Å². The van der Waals surface area contributed by atoms with Gasteiger partial charge in [-0.2, -0.15) is 0 Å². The van der Waals surface area contributed by atoms with Crippen molar-refractivity contribution >= 4 is 0 Å². The Balaban J connectivity index is 2.16. The van der Waals surface area contributed by atoms with Gasteiger partial charge in [-0.3, -0.25) is 0 Å². The predicted molar refractivity (Wildman–Crippen MR) is 82.4 cm³/mol. The van der Waals surface area contributed by atoms with Crippen molar-refractivity contribution in [3.8, 4) is 5.75 Å². The Hall–Kier alpha value is -1.06. The number of hydrogen-bond donors (Lipinski definition) is 1. The van der Waals surface area contributed by atoms with Gasteiger partial charge in [0.25, 0.3) is 0 Å². The lowest BCUT2D eigenvalue weighted by Crippen LogP contribution is -2.43. The van der Waals surface area contributed by atoms with Crippen LogP contribution in [0.5, 0.6) is 5.75 Å². The van der Waals surface area contributed by atoms with Gasteiger partial charge in [-0.15, -0.1) is 0 Å². The molecule has 112 valence electrons. The normalized spacial score (nSPS) is 17.8. The first-order valence-electron chi connectivity index (χ1n) is 7.59. The topological polar surface area (TPSA) is 30.5 Å². The molecule has 1 aliphatic rings. The molecule has 1 aromatic carbocycles. The fourth-order valence-corrected chi connectivity index (χ4v) is 2.98. The van der Waals surface area contributed by atoms with Crippen LogP contribution in [0.15, 0.2) is 18.2 Å². The summed E-state index contributed by atoms with van der Waals surface area (Å²) in [7, 11) is 3.58. The summed E-state index contributed by atoms with van der Waals surface area (Å²) in [5.41, 5.74) is 2.54. The van der Waals surface area contributed by atoms with Crippen molar-refractivity contribution < 1.29 is 9.47 Å². The van der Waals surface area contributed by atoms with Gasteiger partial charge in [0.1, 0.15) is 5.75 Å². The van der Waals surface area contributed by atoms with E-state index >= 15 is 0 Å². The molecule has 3 heteroatoms. The molecule has 1 aromatic rings. The molecule has 1 aliphatic carbocycles. The standard InChI is InChI=1S/C17H27NO2/c1-5-18-15(17(20-4)13-7-8-13)11-14-10-12(2)6-9-16(14)19-3/h6,9-10,13,15,17-18H,5,7-8,11H2,1-4H3. The summed E-state index contributed by atoms with van der Waals surface area (Å²) in [4.78, 5) is 0. The molecular formula is C17H27NO2. The summed E-state index contributed by atoms with van der Waals surface area (Å²) in [5, 5.41) is 3.59. The summed E-state index contributed by atoms with van der Waals surface area (Å²) >= 11 is 0. The molecule has 1 fully saturated rings. The number of nitrogens with one attached hydrogen (secondary N) is 1. The molecule has 0 aromatic heterocycles. The Morgan fingerprint density at radius 3 is 2.60 bits per heavy atom. The van der Waals surface area contributed by atoms with Gasteiger partial charge in [-0.05, 0) is 50.3 Å². The van der Waals surface area contributed by atoms with Gasteiger partial charge in [-0.1, -0.05) is 24.6 Å². The molecule has 2 rings (SSSR count). The fraction of sp³-hybridized carbons (Fsp3) is 0.647. The van der Waals surface area contributed by atoms with E-state index in [1.54, 1.807) is 7.11 Å². The van der Waals surface area contributed by atoms with Gasteiger partial charge in [-0.25, -0.2) is 0 Å². The van der Waals surface area contributed by atoms with Crippen molar-refractivity contribution in [3.05, 3.63) is 29.3 Å². The molecule has 2 atom stereocenters. The Morgan fingerprint density at radius 2 is 2.05 bits per heavy atom. The minimum atomic E-state index is 0.306. The maximum Gasteiger partial charge on any atom is 0.122 e. The highest BCUT2D eigenvalue weighted by molar-refractivity contribution is 5.37. The quantitative estimate of drug-likeness (QED) is 0.792. The highest BCUT2D eigenvalue weighted by Crippen LogP contribution is 2.36. The first-order valence-corrected chi connectivity index (χ1v) is 7.59. The average Bonchev–Trinajstić information content (AvgIpc) is 3.25. The Kier molecular flexibility index (Phi) is 5.44. The number of aryl methyl sites for hydroxylation is 1. The molecule has 0 radical (unpaired) electrons. The number of ether oxygens (including phenoxy) is 2. The molecule has 1 saturated carbocycles. The SMILES string of the molecule is CCNC(Cc1cc(C)ccc1OC)C(OC)C1CC1. The zero-order chi connectivity index (χ0) is 14.5. The third kappa shape index (κ3) is 3.74. The van der Waals surface area contributed by atoms with Gasteiger partial charge < -0.3 is 14.8 Å². The number of methoxy groups -OCH3 is 2. The van der Waals surface area contributed by atoms with E-state index in [9.17, 15) is 0 Å². The maximum absolute atomic E-state index is 5.76. The predicted octanol–water partition coefficient (Wildman–Crippen LogP) is 2.95. The summed E-state index contributed by atoms with van der Waals surface area (Å²) in [5.74, 6) is 1.70. The molecule has 2 unspecified atom stereocenters.